The van der Waals surface area contributed by atoms with E-state index < -0.39 is 28.8 Å². The molecule has 18 heavy (non-hydrogen) atoms. The summed E-state index contributed by atoms with van der Waals surface area (Å²) >= 11 is 0. The number of carboxylic acids is 1. The molecule has 0 aliphatic carbocycles. The normalized spacial score (nSPS) is 14.3. The van der Waals surface area contributed by atoms with Crippen LogP contribution in [0.1, 0.15) is 25.3 Å². The van der Waals surface area contributed by atoms with Crippen molar-refractivity contribution in [3.05, 3.63) is 35.1 Å². The topological polar surface area (TPSA) is 63.3 Å². The third-order valence-electron chi connectivity index (χ3n) is 2.98. The molecule has 0 saturated heterocycles. The maximum Gasteiger partial charge on any atom is 0.313 e. The van der Waals surface area contributed by atoms with Crippen LogP contribution in [-0.2, 0) is 10.2 Å². The SMILES string of the molecule is CC(CCCN)(C(=O)O)c1ccc(F)c(F)c1F. The van der Waals surface area contributed by atoms with Crippen molar-refractivity contribution in [2.24, 2.45) is 5.73 Å². The minimum Gasteiger partial charge on any atom is -0.481 e. The van der Waals surface area contributed by atoms with Crippen molar-refractivity contribution < 1.29 is 23.1 Å². The Labute approximate surface area is 102 Å². The molecular weight excluding hydrogens is 247 g/mol. The van der Waals surface area contributed by atoms with Crippen LogP contribution in [0.15, 0.2) is 12.1 Å². The van der Waals surface area contributed by atoms with Crippen molar-refractivity contribution in [1.82, 2.24) is 0 Å². The van der Waals surface area contributed by atoms with E-state index in [4.69, 9.17) is 5.73 Å². The van der Waals surface area contributed by atoms with Crippen molar-refractivity contribution in [3.8, 4) is 0 Å². The monoisotopic (exact) mass is 261 g/mol. The summed E-state index contributed by atoms with van der Waals surface area (Å²) < 4.78 is 39.6. The third kappa shape index (κ3) is 2.48. The highest BCUT2D eigenvalue weighted by Gasteiger charge is 2.38. The van der Waals surface area contributed by atoms with Gasteiger partial charge in [0.2, 0.25) is 0 Å². The van der Waals surface area contributed by atoms with Crippen LogP contribution in [0.5, 0.6) is 0 Å². The standard InChI is InChI=1S/C12H14F3NO2/c1-12(11(17)18,5-2-6-16)7-3-4-8(13)10(15)9(7)14/h3-4H,2,5-6,16H2,1H3,(H,17,18). The van der Waals surface area contributed by atoms with E-state index in [2.05, 4.69) is 0 Å². The van der Waals surface area contributed by atoms with Crippen LogP contribution in [0.25, 0.3) is 0 Å². The first-order valence-electron chi connectivity index (χ1n) is 5.42. The van der Waals surface area contributed by atoms with Crippen LogP contribution in [0, 0.1) is 17.5 Å². The van der Waals surface area contributed by atoms with Gasteiger partial charge in [0.1, 0.15) is 0 Å². The Morgan fingerprint density at radius 3 is 2.44 bits per heavy atom. The van der Waals surface area contributed by atoms with Gasteiger partial charge in [0.05, 0.1) is 5.41 Å². The van der Waals surface area contributed by atoms with Gasteiger partial charge in [0.15, 0.2) is 17.5 Å². The molecule has 1 aromatic rings. The van der Waals surface area contributed by atoms with Gasteiger partial charge in [-0.3, -0.25) is 4.79 Å². The number of rotatable bonds is 5. The van der Waals surface area contributed by atoms with Gasteiger partial charge in [-0.15, -0.1) is 0 Å². The van der Waals surface area contributed by atoms with Crippen LogP contribution >= 0.6 is 0 Å². The molecule has 3 nitrogen and oxygen atoms in total. The first kappa shape index (κ1) is 14.5. The smallest absolute Gasteiger partial charge is 0.313 e. The van der Waals surface area contributed by atoms with Gasteiger partial charge in [-0.25, -0.2) is 13.2 Å². The molecule has 0 aliphatic rings. The first-order chi connectivity index (χ1) is 8.34. The van der Waals surface area contributed by atoms with E-state index in [1.54, 1.807) is 0 Å². The third-order valence-corrected chi connectivity index (χ3v) is 2.98. The van der Waals surface area contributed by atoms with E-state index in [0.29, 0.717) is 6.42 Å². The molecule has 1 unspecified atom stereocenters. The van der Waals surface area contributed by atoms with E-state index in [-0.39, 0.29) is 18.5 Å². The van der Waals surface area contributed by atoms with Crippen LogP contribution in [0.2, 0.25) is 0 Å². The Morgan fingerprint density at radius 2 is 1.94 bits per heavy atom. The number of nitrogens with two attached hydrogens (primary N) is 1. The highest BCUT2D eigenvalue weighted by Crippen LogP contribution is 2.32. The summed E-state index contributed by atoms with van der Waals surface area (Å²) in [7, 11) is 0. The number of hydrogen-bond donors (Lipinski definition) is 2. The second-order valence-electron chi connectivity index (χ2n) is 4.25. The lowest BCUT2D eigenvalue weighted by Crippen LogP contribution is -2.34. The number of benzene rings is 1. The van der Waals surface area contributed by atoms with Gasteiger partial charge in [-0.1, -0.05) is 6.07 Å². The van der Waals surface area contributed by atoms with Crippen molar-refractivity contribution in [2.45, 2.75) is 25.2 Å². The molecule has 0 saturated carbocycles. The lowest BCUT2D eigenvalue weighted by molar-refractivity contribution is -0.143. The summed E-state index contributed by atoms with van der Waals surface area (Å²) in [4.78, 5) is 11.3. The molecule has 100 valence electrons. The quantitative estimate of drug-likeness (QED) is 0.798. The van der Waals surface area contributed by atoms with E-state index in [0.717, 1.165) is 12.1 Å². The summed E-state index contributed by atoms with van der Waals surface area (Å²) in [6.07, 6.45) is 0.377. The molecule has 0 aromatic heterocycles. The van der Waals surface area contributed by atoms with Crippen LogP contribution in [0.4, 0.5) is 13.2 Å². The highest BCUT2D eigenvalue weighted by molar-refractivity contribution is 5.80. The molecule has 0 amide bonds. The molecule has 6 heteroatoms. The second-order valence-corrected chi connectivity index (χ2v) is 4.25. The molecule has 0 bridgehead atoms. The van der Waals surface area contributed by atoms with E-state index in [9.17, 15) is 23.1 Å². The maximum atomic E-state index is 13.6. The molecule has 1 atom stereocenters. The minimum atomic E-state index is -1.66. The van der Waals surface area contributed by atoms with Crippen molar-refractivity contribution in [3.63, 3.8) is 0 Å². The fourth-order valence-electron chi connectivity index (χ4n) is 1.76. The summed E-state index contributed by atoms with van der Waals surface area (Å²) in [5.74, 6) is -5.77. The maximum absolute atomic E-state index is 13.6. The molecule has 0 fully saturated rings. The largest absolute Gasteiger partial charge is 0.481 e. The fraction of sp³-hybridized carbons (Fsp3) is 0.417. The molecule has 1 rings (SSSR count). The summed E-state index contributed by atoms with van der Waals surface area (Å²) in [5.41, 5.74) is 3.29. The fourth-order valence-corrected chi connectivity index (χ4v) is 1.76. The lowest BCUT2D eigenvalue weighted by Gasteiger charge is -2.25. The second kappa shape index (κ2) is 5.39. The zero-order valence-electron chi connectivity index (χ0n) is 9.84. The van der Waals surface area contributed by atoms with E-state index >= 15 is 0 Å². The zero-order chi connectivity index (χ0) is 13.9. The molecule has 0 heterocycles. The highest BCUT2D eigenvalue weighted by atomic mass is 19.2. The molecule has 3 N–H and O–H groups in total. The van der Waals surface area contributed by atoms with Crippen molar-refractivity contribution in [2.75, 3.05) is 6.54 Å². The Balaban J connectivity index is 3.30. The van der Waals surface area contributed by atoms with Gasteiger partial charge in [-0.2, -0.15) is 0 Å². The Bertz CT molecular complexity index is 465. The molecule has 0 spiro atoms. The van der Waals surface area contributed by atoms with Crippen molar-refractivity contribution in [1.29, 1.82) is 0 Å². The van der Waals surface area contributed by atoms with Crippen LogP contribution < -0.4 is 5.73 Å². The summed E-state index contributed by atoms with van der Waals surface area (Å²) in [5, 5.41) is 9.17. The van der Waals surface area contributed by atoms with Crippen LogP contribution in [0.3, 0.4) is 0 Å². The zero-order valence-corrected chi connectivity index (χ0v) is 9.84. The predicted octanol–water partition coefficient (Wildman–Crippen LogP) is 2.19. The van der Waals surface area contributed by atoms with Crippen LogP contribution in [-0.4, -0.2) is 17.6 Å². The Kier molecular flexibility index (Phi) is 4.34. The number of carboxylic acid groups (broad SMARTS) is 1. The van der Waals surface area contributed by atoms with Gasteiger partial charge in [0.25, 0.3) is 0 Å². The first-order valence-corrected chi connectivity index (χ1v) is 5.42. The van der Waals surface area contributed by atoms with Gasteiger partial charge in [-0.05, 0) is 32.4 Å². The Hall–Kier alpha value is -1.56. The van der Waals surface area contributed by atoms with E-state index in [1.807, 2.05) is 0 Å². The lowest BCUT2D eigenvalue weighted by atomic mass is 9.78. The minimum absolute atomic E-state index is 0.0425. The molecular formula is C12H14F3NO2. The van der Waals surface area contributed by atoms with Gasteiger partial charge >= 0.3 is 5.97 Å². The summed E-state index contributed by atoms with van der Waals surface area (Å²) in [6.45, 7) is 1.49. The summed E-state index contributed by atoms with van der Waals surface area (Å²) in [6, 6.07) is 1.68. The van der Waals surface area contributed by atoms with Gasteiger partial charge < -0.3 is 10.8 Å². The Morgan fingerprint density at radius 1 is 1.33 bits per heavy atom. The average Bonchev–Trinajstić information content (AvgIpc) is 2.33. The molecule has 0 radical (unpaired) electrons. The number of aliphatic carboxylic acids is 1. The number of carbonyl (C=O) groups is 1. The molecule has 1 aromatic carbocycles. The number of hydrogen-bond acceptors (Lipinski definition) is 2. The average molecular weight is 261 g/mol. The van der Waals surface area contributed by atoms with Crippen molar-refractivity contribution >= 4 is 5.97 Å². The number of halogens is 3. The molecule has 0 aliphatic heterocycles. The predicted molar refractivity (Wildman–Crippen MR) is 59.6 cm³/mol. The van der Waals surface area contributed by atoms with Gasteiger partial charge in [0, 0.05) is 5.56 Å². The van der Waals surface area contributed by atoms with E-state index in [1.165, 1.54) is 6.92 Å².